The van der Waals surface area contributed by atoms with Crippen LogP contribution in [0.3, 0.4) is 0 Å². The van der Waals surface area contributed by atoms with Crippen molar-refractivity contribution < 1.29 is 14.6 Å². The third kappa shape index (κ3) is 6.06. The highest BCUT2D eigenvalue weighted by Crippen LogP contribution is 2.11. The van der Waals surface area contributed by atoms with E-state index in [1.165, 1.54) is 5.56 Å². The van der Waals surface area contributed by atoms with Gasteiger partial charge in [-0.3, -0.25) is 4.79 Å². The Balaban J connectivity index is 2.20. The highest BCUT2D eigenvalue weighted by atomic mass is 16.5. The second-order valence-corrected chi connectivity index (χ2v) is 5.37. The number of carbonyl (C=O) groups excluding carboxylic acids is 1. The van der Waals surface area contributed by atoms with Gasteiger partial charge in [-0.25, -0.2) is 0 Å². The van der Waals surface area contributed by atoms with Crippen LogP contribution in [0.1, 0.15) is 32.3 Å². The van der Waals surface area contributed by atoms with Gasteiger partial charge in [0.15, 0.2) is 0 Å². The van der Waals surface area contributed by atoms with Crippen LogP contribution in [0, 0.1) is 12.8 Å². The summed E-state index contributed by atoms with van der Waals surface area (Å²) in [6.07, 6.45) is 1.07. The number of aryl methyl sites for hydroxylation is 1. The van der Waals surface area contributed by atoms with E-state index in [1.54, 1.807) is 0 Å². The molecule has 0 aliphatic carbocycles. The summed E-state index contributed by atoms with van der Waals surface area (Å²) in [7, 11) is 0. The standard InChI is InChI=1S/C16H25NO3/c1-12(2)15(11-18)17-16(19)5-4-10-20-14-8-6-13(3)7-9-14/h6-9,12,15,18H,4-5,10-11H2,1-3H3,(H,17,19). The SMILES string of the molecule is Cc1ccc(OCCCC(=O)NC(CO)C(C)C)cc1. The number of rotatable bonds is 8. The topological polar surface area (TPSA) is 58.6 Å². The first kappa shape index (κ1) is 16.5. The van der Waals surface area contributed by atoms with Gasteiger partial charge in [0.25, 0.3) is 0 Å². The molecule has 0 saturated carbocycles. The van der Waals surface area contributed by atoms with E-state index in [1.807, 2.05) is 45.0 Å². The molecule has 0 heterocycles. The molecule has 0 aliphatic heterocycles. The first-order valence-corrected chi connectivity index (χ1v) is 7.12. The fourth-order valence-corrected chi connectivity index (χ4v) is 1.76. The molecule has 1 rings (SSSR count). The van der Waals surface area contributed by atoms with Gasteiger partial charge in [0, 0.05) is 6.42 Å². The summed E-state index contributed by atoms with van der Waals surface area (Å²) in [5.74, 6) is 1.02. The number of benzene rings is 1. The minimum atomic E-state index is -0.166. The summed E-state index contributed by atoms with van der Waals surface area (Å²) in [4.78, 5) is 11.7. The minimum Gasteiger partial charge on any atom is -0.494 e. The maximum atomic E-state index is 11.7. The summed E-state index contributed by atoms with van der Waals surface area (Å²) in [6, 6.07) is 7.68. The molecule has 4 nitrogen and oxygen atoms in total. The highest BCUT2D eigenvalue weighted by Gasteiger charge is 2.14. The van der Waals surface area contributed by atoms with Gasteiger partial charge in [-0.05, 0) is 31.4 Å². The monoisotopic (exact) mass is 279 g/mol. The van der Waals surface area contributed by atoms with Crippen molar-refractivity contribution in [2.75, 3.05) is 13.2 Å². The fraction of sp³-hybridized carbons (Fsp3) is 0.562. The van der Waals surface area contributed by atoms with Crippen LogP contribution in [0.2, 0.25) is 0 Å². The van der Waals surface area contributed by atoms with E-state index >= 15 is 0 Å². The number of ether oxygens (including phenoxy) is 1. The van der Waals surface area contributed by atoms with Crippen LogP contribution in [-0.2, 0) is 4.79 Å². The van der Waals surface area contributed by atoms with Gasteiger partial charge in [0.05, 0.1) is 19.3 Å². The second-order valence-electron chi connectivity index (χ2n) is 5.37. The molecule has 0 fully saturated rings. The first-order chi connectivity index (χ1) is 9.52. The Labute approximate surface area is 121 Å². The summed E-state index contributed by atoms with van der Waals surface area (Å²) in [5, 5.41) is 12.0. The van der Waals surface area contributed by atoms with Crippen LogP contribution >= 0.6 is 0 Å². The van der Waals surface area contributed by atoms with Crippen LogP contribution < -0.4 is 10.1 Å². The van der Waals surface area contributed by atoms with Gasteiger partial charge >= 0.3 is 0 Å². The third-order valence-electron chi connectivity index (χ3n) is 3.19. The fourth-order valence-electron chi connectivity index (χ4n) is 1.76. The van der Waals surface area contributed by atoms with Crippen LogP contribution in [0.15, 0.2) is 24.3 Å². The summed E-state index contributed by atoms with van der Waals surface area (Å²) < 4.78 is 5.56. The van der Waals surface area contributed by atoms with E-state index in [9.17, 15) is 4.79 Å². The van der Waals surface area contributed by atoms with E-state index in [2.05, 4.69) is 5.32 Å². The zero-order chi connectivity index (χ0) is 15.0. The molecular formula is C16H25NO3. The molecule has 1 atom stereocenters. The van der Waals surface area contributed by atoms with E-state index in [0.717, 1.165) is 5.75 Å². The van der Waals surface area contributed by atoms with E-state index < -0.39 is 0 Å². The highest BCUT2D eigenvalue weighted by molar-refractivity contribution is 5.76. The largest absolute Gasteiger partial charge is 0.494 e. The number of aliphatic hydroxyl groups excluding tert-OH is 1. The zero-order valence-electron chi connectivity index (χ0n) is 12.6. The van der Waals surface area contributed by atoms with Crippen molar-refractivity contribution >= 4 is 5.91 Å². The third-order valence-corrected chi connectivity index (χ3v) is 3.19. The number of carbonyl (C=O) groups is 1. The Hall–Kier alpha value is -1.55. The number of nitrogens with one attached hydrogen (secondary N) is 1. The van der Waals surface area contributed by atoms with Crippen molar-refractivity contribution in [2.45, 2.75) is 39.7 Å². The predicted molar refractivity (Wildman–Crippen MR) is 79.8 cm³/mol. The van der Waals surface area contributed by atoms with Crippen molar-refractivity contribution in [3.8, 4) is 5.75 Å². The molecule has 20 heavy (non-hydrogen) atoms. The Bertz CT molecular complexity index is 401. The maximum absolute atomic E-state index is 11.7. The van der Waals surface area contributed by atoms with Crippen molar-refractivity contribution in [1.29, 1.82) is 0 Å². The zero-order valence-corrected chi connectivity index (χ0v) is 12.6. The van der Waals surface area contributed by atoms with Gasteiger partial charge < -0.3 is 15.2 Å². The molecule has 0 bridgehead atoms. The second kappa shape index (κ2) is 8.59. The number of aliphatic hydroxyl groups is 1. The Morgan fingerprint density at radius 1 is 1.30 bits per heavy atom. The molecule has 0 aliphatic rings. The maximum Gasteiger partial charge on any atom is 0.220 e. The summed E-state index contributed by atoms with van der Waals surface area (Å²) >= 11 is 0. The molecule has 0 radical (unpaired) electrons. The van der Waals surface area contributed by atoms with Crippen LogP contribution in [0.4, 0.5) is 0 Å². The van der Waals surface area contributed by atoms with E-state index in [0.29, 0.717) is 19.4 Å². The molecule has 112 valence electrons. The Kier molecular flexibility index (Phi) is 7.09. The molecule has 2 N–H and O–H groups in total. The molecule has 1 unspecified atom stereocenters. The van der Waals surface area contributed by atoms with Gasteiger partial charge in [-0.1, -0.05) is 31.5 Å². The molecule has 1 aromatic rings. The van der Waals surface area contributed by atoms with Crippen molar-refractivity contribution in [2.24, 2.45) is 5.92 Å². The lowest BCUT2D eigenvalue weighted by molar-refractivity contribution is -0.122. The van der Waals surface area contributed by atoms with Gasteiger partial charge in [0.2, 0.25) is 5.91 Å². The van der Waals surface area contributed by atoms with Crippen LogP contribution in [0.5, 0.6) is 5.75 Å². The molecule has 0 saturated heterocycles. The number of hydrogen-bond donors (Lipinski definition) is 2. The average molecular weight is 279 g/mol. The number of hydrogen-bond acceptors (Lipinski definition) is 3. The molecular weight excluding hydrogens is 254 g/mol. The van der Waals surface area contributed by atoms with Gasteiger partial charge in [-0.2, -0.15) is 0 Å². The molecule has 4 heteroatoms. The Morgan fingerprint density at radius 2 is 1.95 bits per heavy atom. The van der Waals surface area contributed by atoms with Crippen molar-refractivity contribution in [3.05, 3.63) is 29.8 Å². The van der Waals surface area contributed by atoms with Gasteiger partial charge in [0.1, 0.15) is 5.75 Å². The molecule has 0 spiro atoms. The van der Waals surface area contributed by atoms with Gasteiger partial charge in [-0.15, -0.1) is 0 Å². The minimum absolute atomic E-state index is 0.0245. The first-order valence-electron chi connectivity index (χ1n) is 7.12. The van der Waals surface area contributed by atoms with Crippen molar-refractivity contribution in [1.82, 2.24) is 5.32 Å². The number of amides is 1. The Morgan fingerprint density at radius 3 is 2.50 bits per heavy atom. The smallest absolute Gasteiger partial charge is 0.220 e. The summed E-state index contributed by atoms with van der Waals surface area (Å²) in [5.41, 5.74) is 1.19. The lowest BCUT2D eigenvalue weighted by Crippen LogP contribution is -2.41. The average Bonchev–Trinajstić information content (AvgIpc) is 2.42. The predicted octanol–water partition coefficient (Wildman–Crippen LogP) is 2.29. The van der Waals surface area contributed by atoms with Crippen molar-refractivity contribution in [3.63, 3.8) is 0 Å². The van der Waals surface area contributed by atoms with Crippen LogP contribution in [0.25, 0.3) is 0 Å². The molecule has 0 aromatic heterocycles. The van der Waals surface area contributed by atoms with Crippen LogP contribution in [-0.4, -0.2) is 30.3 Å². The molecule has 1 aromatic carbocycles. The summed E-state index contributed by atoms with van der Waals surface area (Å²) in [6.45, 7) is 6.47. The van der Waals surface area contributed by atoms with E-state index in [-0.39, 0.29) is 24.5 Å². The quantitative estimate of drug-likeness (QED) is 0.718. The lowest BCUT2D eigenvalue weighted by atomic mass is 10.1. The lowest BCUT2D eigenvalue weighted by Gasteiger charge is -2.19. The normalized spacial score (nSPS) is 12.2. The molecule has 1 amide bonds. The van der Waals surface area contributed by atoms with E-state index in [4.69, 9.17) is 9.84 Å².